The minimum atomic E-state index is 0.189. The summed E-state index contributed by atoms with van der Waals surface area (Å²) in [6, 6.07) is 3.98. The zero-order chi connectivity index (χ0) is 14.9. The number of phenolic OH excluding ortho intramolecular Hbond substituents is 1. The van der Waals surface area contributed by atoms with E-state index in [0.29, 0.717) is 17.3 Å². The molecule has 0 radical (unpaired) electrons. The van der Waals surface area contributed by atoms with Crippen LogP contribution in [0.4, 0.5) is 0 Å². The van der Waals surface area contributed by atoms with Gasteiger partial charge in [-0.25, -0.2) is 0 Å². The van der Waals surface area contributed by atoms with Crippen LogP contribution in [-0.4, -0.2) is 15.2 Å². The lowest BCUT2D eigenvalue weighted by Crippen LogP contribution is -2.00. The van der Waals surface area contributed by atoms with Gasteiger partial charge >= 0.3 is 0 Å². The van der Waals surface area contributed by atoms with Gasteiger partial charge in [0.2, 0.25) is 11.7 Å². The summed E-state index contributed by atoms with van der Waals surface area (Å²) < 4.78 is 5.06. The predicted molar refractivity (Wildman–Crippen MR) is 77.5 cm³/mol. The third kappa shape index (κ3) is 2.54. The van der Waals surface area contributed by atoms with E-state index in [0.717, 1.165) is 11.1 Å². The van der Waals surface area contributed by atoms with Gasteiger partial charge in [0.05, 0.1) is 12.1 Å². The van der Waals surface area contributed by atoms with E-state index < -0.39 is 0 Å². The van der Waals surface area contributed by atoms with Crippen LogP contribution in [-0.2, 0) is 6.54 Å². The Bertz CT molecular complexity index is 603. The lowest BCUT2D eigenvalue weighted by atomic mass is 9.90. The first-order chi connectivity index (χ1) is 9.45. The van der Waals surface area contributed by atoms with Crippen molar-refractivity contribution in [3.05, 3.63) is 29.2 Å². The Kier molecular flexibility index (Phi) is 4.09. The second kappa shape index (κ2) is 5.63. The van der Waals surface area contributed by atoms with E-state index in [1.807, 2.05) is 26.0 Å². The molecule has 0 amide bonds. The van der Waals surface area contributed by atoms with Crippen molar-refractivity contribution >= 4 is 0 Å². The predicted octanol–water partition coefficient (Wildman–Crippen LogP) is 3.15. The summed E-state index contributed by atoms with van der Waals surface area (Å²) in [6.45, 7) is 8.40. The summed E-state index contributed by atoms with van der Waals surface area (Å²) in [7, 11) is 0. The molecule has 1 aromatic carbocycles. The Morgan fingerprint density at radius 1 is 1.15 bits per heavy atom. The minimum Gasteiger partial charge on any atom is -0.507 e. The summed E-state index contributed by atoms with van der Waals surface area (Å²) in [5.74, 6) is 1.46. The van der Waals surface area contributed by atoms with Gasteiger partial charge in [-0.1, -0.05) is 45.0 Å². The first-order valence-corrected chi connectivity index (χ1v) is 6.84. The second-order valence-electron chi connectivity index (χ2n) is 5.49. The van der Waals surface area contributed by atoms with Crippen molar-refractivity contribution in [1.82, 2.24) is 10.1 Å². The molecule has 20 heavy (non-hydrogen) atoms. The molecule has 0 aliphatic heterocycles. The first kappa shape index (κ1) is 14.5. The highest BCUT2D eigenvalue weighted by molar-refractivity contribution is 5.71. The summed E-state index contributed by atoms with van der Waals surface area (Å²) in [5, 5.41) is 14.5. The average Bonchev–Trinajstić information content (AvgIpc) is 2.86. The van der Waals surface area contributed by atoms with E-state index in [4.69, 9.17) is 10.3 Å². The Morgan fingerprint density at radius 2 is 1.75 bits per heavy atom. The Balaban J connectivity index is 2.66. The van der Waals surface area contributed by atoms with Crippen LogP contribution in [0.15, 0.2) is 16.7 Å². The van der Waals surface area contributed by atoms with Gasteiger partial charge in [-0.3, -0.25) is 0 Å². The molecule has 2 rings (SSSR count). The molecule has 0 atom stereocenters. The smallest absolute Gasteiger partial charge is 0.240 e. The number of rotatable bonds is 4. The zero-order valence-corrected chi connectivity index (χ0v) is 12.3. The Labute approximate surface area is 118 Å². The topological polar surface area (TPSA) is 85.2 Å². The van der Waals surface area contributed by atoms with Crippen molar-refractivity contribution in [1.29, 1.82) is 0 Å². The Morgan fingerprint density at radius 3 is 2.25 bits per heavy atom. The molecule has 5 nitrogen and oxygen atoms in total. The van der Waals surface area contributed by atoms with Crippen LogP contribution in [0.2, 0.25) is 0 Å². The highest BCUT2D eigenvalue weighted by Crippen LogP contribution is 2.39. The molecule has 0 unspecified atom stereocenters. The number of nitrogens with zero attached hydrogens (tertiary/aromatic N) is 2. The lowest BCUT2D eigenvalue weighted by Gasteiger charge is -2.16. The number of hydrogen-bond donors (Lipinski definition) is 2. The van der Waals surface area contributed by atoms with Crippen molar-refractivity contribution < 1.29 is 9.63 Å². The maximum absolute atomic E-state index is 10.6. The van der Waals surface area contributed by atoms with E-state index >= 15 is 0 Å². The van der Waals surface area contributed by atoms with Gasteiger partial charge in [0.25, 0.3) is 0 Å². The average molecular weight is 275 g/mol. The molecule has 3 N–H and O–H groups in total. The van der Waals surface area contributed by atoms with Gasteiger partial charge < -0.3 is 15.4 Å². The van der Waals surface area contributed by atoms with Crippen molar-refractivity contribution in [2.45, 2.75) is 46.1 Å². The standard InChI is InChI=1S/C15H21N3O2/c1-8(2)10-5-6-11(9(3)4)14(19)13(10)15-17-12(7-16)20-18-15/h5-6,8-9,19H,7,16H2,1-4H3. The molecule has 0 aliphatic rings. The third-order valence-corrected chi connectivity index (χ3v) is 3.35. The molecule has 108 valence electrons. The van der Waals surface area contributed by atoms with Crippen LogP contribution in [0.3, 0.4) is 0 Å². The normalized spacial score (nSPS) is 11.6. The number of nitrogens with two attached hydrogens (primary N) is 1. The number of hydrogen-bond acceptors (Lipinski definition) is 5. The Hall–Kier alpha value is -1.88. The van der Waals surface area contributed by atoms with Crippen LogP contribution in [0, 0.1) is 0 Å². The van der Waals surface area contributed by atoms with Gasteiger partial charge in [0.15, 0.2) is 0 Å². The number of phenols is 1. The summed E-state index contributed by atoms with van der Waals surface area (Å²) >= 11 is 0. The molecular weight excluding hydrogens is 254 g/mol. The molecule has 0 aliphatic carbocycles. The molecule has 0 fully saturated rings. The van der Waals surface area contributed by atoms with E-state index in [9.17, 15) is 5.11 Å². The molecule has 1 heterocycles. The molecule has 0 spiro atoms. The number of aromatic hydroxyl groups is 1. The maximum Gasteiger partial charge on any atom is 0.240 e. The van der Waals surface area contributed by atoms with Crippen molar-refractivity contribution in [3.63, 3.8) is 0 Å². The molecule has 0 bridgehead atoms. The molecule has 5 heteroatoms. The number of benzene rings is 1. The number of aromatic nitrogens is 2. The largest absolute Gasteiger partial charge is 0.507 e. The summed E-state index contributed by atoms with van der Waals surface area (Å²) in [5.41, 5.74) is 8.02. The second-order valence-corrected chi connectivity index (χ2v) is 5.49. The fourth-order valence-corrected chi connectivity index (χ4v) is 2.24. The van der Waals surface area contributed by atoms with Gasteiger partial charge in [0, 0.05) is 0 Å². The third-order valence-electron chi connectivity index (χ3n) is 3.35. The van der Waals surface area contributed by atoms with Crippen LogP contribution in [0.25, 0.3) is 11.4 Å². The van der Waals surface area contributed by atoms with Gasteiger partial charge in [-0.05, 0) is 23.0 Å². The van der Waals surface area contributed by atoms with Crippen LogP contribution < -0.4 is 5.73 Å². The highest BCUT2D eigenvalue weighted by Gasteiger charge is 2.21. The van der Waals surface area contributed by atoms with Crippen molar-refractivity contribution in [2.24, 2.45) is 5.73 Å². The zero-order valence-electron chi connectivity index (χ0n) is 12.3. The van der Waals surface area contributed by atoms with E-state index in [1.54, 1.807) is 0 Å². The summed E-state index contributed by atoms with van der Waals surface area (Å²) in [6.07, 6.45) is 0. The fourth-order valence-electron chi connectivity index (χ4n) is 2.24. The van der Waals surface area contributed by atoms with Gasteiger partial charge in [-0.15, -0.1) is 0 Å². The van der Waals surface area contributed by atoms with Crippen molar-refractivity contribution in [3.8, 4) is 17.1 Å². The van der Waals surface area contributed by atoms with Crippen LogP contribution in [0.5, 0.6) is 5.75 Å². The highest BCUT2D eigenvalue weighted by atomic mass is 16.5. The molecule has 0 saturated heterocycles. The van der Waals surface area contributed by atoms with Crippen molar-refractivity contribution in [2.75, 3.05) is 0 Å². The quantitative estimate of drug-likeness (QED) is 0.895. The molecule has 1 aromatic heterocycles. The van der Waals surface area contributed by atoms with Crippen LogP contribution in [0.1, 0.15) is 56.5 Å². The first-order valence-electron chi connectivity index (χ1n) is 6.84. The van der Waals surface area contributed by atoms with Gasteiger partial charge in [0.1, 0.15) is 5.75 Å². The maximum atomic E-state index is 10.6. The minimum absolute atomic E-state index is 0.189. The SMILES string of the molecule is CC(C)c1ccc(C(C)C)c(-c2noc(CN)n2)c1O. The lowest BCUT2D eigenvalue weighted by molar-refractivity contribution is 0.380. The summed E-state index contributed by atoms with van der Waals surface area (Å²) in [4.78, 5) is 4.24. The monoisotopic (exact) mass is 275 g/mol. The molecular formula is C15H21N3O2. The van der Waals surface area contributed by atoms with E-state index in [-0.39, 0.29) is 24.1 Å². The van der Waals surface area contributed by atoms with E-state index in [1.165, 1.54) is 0 Å². The van der Waals surface area contributed by atoms with E-state index in [2.05, 4.69) is 24.0 Å². The van der Waals surface area contributed by atoms with Crippen LogP contribution >= 0.6 is 0 Å². The molecule has 0 saturated carbocycles. The molecule has 2 aromatic rings. The fraction of sp³-hybridized carbons (Fsp3) is 0.467. The van der Waals surface area contributed by atoms with Gasteiger partial charge in [-0.2, -0.15) is 4.98 Å².